The van der Waals surface area contributed by atoms with Gasteiger partial charge in [-0.2, -0.15) is 0 Å². The van der Waals surface area contributed by atoms with Crippen LogP contribution < -0.4 is 5.32 Å². The van der Waals surface area contributed by atoms with Gasteiger partial charge in [0.15, 0.2) is 0 Å². The minimum atomic E-state index is -0.896. The number of nitrogens with one attached hydrogen (secondary N) is 1. The molecule has 92 valence electrons. The van der Waals surface area contributed by atoms with Crippen LogP contribution in [0.1, 0.15) is 31.0 Å². The van der Waals surface area contributed by atoms with E-state index in [1.54, 1.807) is 0 Å². The lowest BCUT2D eigenvalue weighted by Gasteiger charge is -2.14. The van der Waals surface area contributed by atoms with E-state index in [9.17, 15) is 4.79 Å². The number of carboxylic acid groups (broad SMARTS) is 1. The summed E-state index contributed by atoms with van der Waals surface area (Å²) >= 11 is 0. The largest absolute Gasteiger partial charge is 0.478 e. The van der Waals surface area contributed by atoms with Crippen molar-refractivity contribution in [2.75, 3.05) is 6.54 Å². The summed E-state index contributed by atoms with van der Waals surface area (Å²) in [7, 11) is 0. The van der Waals surface area contributed by atoms with Gasteiger partial charge in [-0.25, -0.2) is 4.79 Å². The van der Waals surface area contributed by atoms with Gasteiger partial charge in [0.2, 0.25) is 0 Å². The Morgan fingerprint density at radius 2 is 2.00 bits per heavy atom. The van der Waals surface area contributed by atoms with Gasteiger partial charge in [-0.05, 0) is 26.3 Å². The Bertz CT molecular complexity index is 407. The van der Waals surface area contributed by atoms with Crippen molar-refractivity contribution >= 4 is 5.97 Å². The van der Waals surface area contributed by atoms with Crippen molar-refractivity contribution in [2.24, 2.45) is 0 Å². The quantitative estimate of drug-likeness (QED) is 0.769. The van der Waals surface area contributed by atoms with Crippen LogP contribution in [0.4, 0.5) is 0 Å². The Kier molecular flexibility index (Phi) is 4.91. The van der Waals surface area contributed by atoms with Crippen LogP contribution in [0.2, 0.25) is 0 Å². The van der Waals surface area contributed by atoms with Crippen molar-refractivity contribution in [3.8, 4) is 0 Å². The second-order valence-electron chi connectivity index (χ2n) is 4.34. The molecule has 0 bridgehead atoms. The molecule has 0 fully saturated rings. The second kappa shape index (κ2) is 6.21. The molecule has 3 heteroatoms. The average molecular weight is 233 g/mol. The van der Waals surface area contributed by atoms with Crippen LogP contribution >= 0.6 is 0 Å². The molecule has 0 aliphatic heterocycles. The van der Waals surface area contributed by atoms with E-state index in [-0.39, 0.29) is 6.04 Å². The van der Waals surface area contributed by atoms with Crippen LogP contribution in [0.5, 0.6) is 0 Å². The van der Waals surface area contributed by atoms with Gasteiger partial charge < -0.3 is 10.4 Å². The molecule has 0 heterocycles. The third-order valence-corrected chi connectivity index (χ3v) is 2.63. The highest BCUT2D eigenvalue weighted by Gasteiger charge is 2.04. The Labute approximate surface area is 102 Å². The molecule has 1 aromatic carbocycles. The van der Waals surface area contributed by atoms with Crippen molar-refractivity contribution in [2.45, 2.75) is 26.8 Å². The lowest BCUT2D eigenvalue weighted by molar-refractivity contribution is -0.131. The lowest BCUT2D eigenvalue weighted by atomic mass is 10.1. The maximum absolute atomic E-state index is 10.5. The number of aliphatic carboxylic acids is 1. The number of carboxylic acids is 1. The second-order valence-corrected chi connectivity index (χ2v) is 4.34. The summed E-state index contributed by atoms with van der Waals surface area (Å²) in [4.78, 5) is 10.5. The van der Waals surface area contributed by atoms with E-state index >= 15 is 0 Å². The molecule has 0 unspecified atom stereocenters. The molecule has 0 saturated heterocycles. The number of benzene rings is 1. The van der Waals surface area contributed by atoms with Crippen LogP contribution in [-0.4, -0.2) is 17.6 Å². The molecular formula is C14H19NO2. The van der Waals surface area contributed by atoms with Crippen molar-refractivity contribution in [1.29, 1.82) is 0 Å². The first-order valence-electron chi connectivity index (χ1n) is 5.69. The Morgan fingerprint density at radius 3 is 2.53 bits per heavy atom. The number of hydrogen-bond acceptors (Lipinski definition) is 2. The van der Waals surface area contributed by atoms with Gasteiger partial charge in [0.25, 0.3) is 0 Å². The number of hydrogen-bond donors (Lipinski definition) is 2. The smallest absolute Gasteiger partial charge is 0.328 e. The minimum absolute atomic E-state index is 0.216. The maximum atomic E-state index is 10.5. The van der Waals surface area contributed by atoms with Crippen LogP contribution in [0.25, 0.3) is 0 Å². The molecule has 0 amide bonds. The van der Waals surface area contributed by atoms with E-state index in [4.69, 9.17) is 5.11 Å². The van der Waals surface area contributed by atoms with Gasteiger partial charge in [-0.3, -0.25) is 0 Å². The van der Waals surface area contributed by atoms with Crippen molar-refractivity contribution in [3.63, 3.8) is 0 Å². The summed E-state index contributed by atoms with van der Waals surface area (Å²) in [5.74, 6) is -0.896. The first kappa shape index (κ1) is 13.5. The van der Waals surface area contributed by atoms with E-state index in [2.05, 4.69) is 43.4 Å². The fraction of sp³-hybridized carbons (Fsp3) is 0.357. The zero-order valence-electron chi connectivity index (χ0n) is 10.5. The fourth-order valence-corrected chi connectivity index (χ4v) is 1.55. The van der Waals surface area contributed by atoms with Gasteiger partial charge in [0.1, 0.15) is 0 Å². The van der Waals surface area contributed by atoms with E-state index in [0.717, 1.165) is 5.57 Å². The summed E-state index contributed by atoms with van der Waals surface area (Å²) in [5.41, 5.74) is 3.26. The molecule has 1 rings (SSSR count). The molecule has 0 spiro atoms. The fourth-order valence-electron chi connectivity index (χ4n) is 1.55. The minimum Gasteiger partial charge on any atom is -0.478 e. The molecule has 0 radical (unpaired) electrons. The Balaban J connectivity index is 2.52. The standard InChI is InChI=1S/C14H19NO2/c1-10-4-6-13(7-5-10)12(3)15-9-11(2)8-14(16)17/h4-8,12,15H,9H2,1-3H3,(H,16,17)/b11-8+/t12-/m1/s1. The predicted molar refractivity (Wildman–Crippen MR) is 69.0 cm³/mol. The van der Waals surface area contributed by atoms with E-state index in [1.165, 1.54) is 17.2 Å². The van der Waals surface area contributed by atoms with Crippen LogP contribution in [-0.2, 0) is 4.79 Å². The molecule has 0 saturated carbocycles. The molecule has 17 heavy (non-hydrogen) atoms. The third-order valence-electron chi connectivity index (χ3n) is 2.63. The zero-order valence-corrected chi connectivity index (χ0v) is 10.5. The maximum Gasteiger partial charge on any atom is 0.328 e. The first-order chi connectivity index (χ1) is 7.99. The van der Waals surface area contributed by atoms with Gasteiger partial charge in [-0.15, -0.1) is 0 Å². The van der Waals surface area contributed by atoms with Gasteiger partial charge in [-0.1, -0.05) is 35.4 Å². The summed E-state index contributed by atoms with van der Waals surface area (Å²) in [6, 6.07) is 8.54. The molecule has 1 aromatic rings. The van der Waals surface area contributed by atoms with Gasteiger partial charge in [0, 0.05) is 18.7 Å². The van der Waals surface area contributed by atoms with E-state index in [0.29, 0.717) is 6.54 Å². The van der Waals surface area contributed by atoms with Crippen molar-refractivity contribution in [1.82, 2.24) is 5.32 Å². The van der Waals surface area contributed by atoms with Crippen LogP contribution in [0.15, 0.2) is 35.9 Å². The lowest BCUT2D eigenvalue weighted by Crippen LogP contribution is -2.20. The first-order valence-corrected chi connectivity index (χ1v) is 5.69. The van der Waals surface area contributed by atoms with E-state index < -0.39 is 5.97 Å². The Hall–Kier alpha value is -1.61. The van der Waals surface area contributed by atoms with Gasteiger partial charge in [0.05, 0.1) is 0 Å². The van der Waals surface area contributed by atoms with Crippen LogP contribution in [0, 0.1) is 6.92 Å². The molecule has 2 N–H and O–H groups in total. The highest BCUT2D eigenvalue weighted by atomic mass is 16.4. The SMILES string of the molecule is C/C(=C\C(=O)O)CN[C@H](C)c1ccc(C)cc1. The number of aryl methyl sites for hydroxylation is 1. The topological polar surface area (TPSA) is 49.3 Å². The summed E-state index contributed by atoms with van der Waals surface area (Å²) in [5, 5.41) is 11.9. The van der Waals surface area contributed by atoms with Gasteiger partial charge >= 0.3 is 5.97 Å². The number of carbonyl (C=O) groups is 1. The van der Waals surface area contributed by atoms with E-state index in [1.807, 2.05) is 6.92 Å². The molecule has 0 aliphatic carbocycles. The molecular weight excluding hydrogens is 214 g/mol. The summed E-state index contributed by atoms with van der Waals surface area (Å²) in [6.07, 6.45) is 1.23. The Morgan fingerprint density at radius 1 is 1.41 bits per heavy atom. The zero-order chi connectivity index (χ0) is 12.8. The molecule has 0 aliphatic rings. The molecule has 3 nitrogen and oxygen atoms in total. The average Bonchev–Trinajstić information content (AvgIpc) is 2.26. The normalized spacial score (nSPS) is 13.5. The number of rotatable bonds is 5. The predicted octanol–water partition coefficient (Wildman–Crippen LogP) is 2.68. The molecule has 0 aromatic heterocycles. The van der Waals surface area contributed by atoms with Crippen molar-refractivity contribution in [3.05, 3.63) is 47.0 Å². The van der Waals surface area contributed by atoms with Crippen molar-refractivity contribution < 1.29 is 9.90 Å². The highest BCUT2D eigenvalue weighted by molar-refractivity contribution is 5.80. The third kappa shape index (κ3) is 4.83. The highest BCUT2D eigenvalue weighted by Crippen LogP contribution is 2.13. The van der Waals surface area contributed by atoms with Crippen LogP contribution in [0.3, 0.4) is 0 Å². The summed E-state index contributed by atoms with van der Waals surface area (Å²) < 4.78 is 0. The summed E-state index contributed by atoms with van der Waals surface area (Å²) in [6.45, 7) is 6.52. The molecule has 1 atom stereocenters. The monoisotopic (exact) mass is 233 g/mol.